The van der Waals surface area contributed by atoms with Crippen LogP contribution >= 0.6 is 7.82 Å². The molecule has 5 N–H and O–H groups in total. The Hall–Kier alpha value is 0.950. The number of ether oxygens (including phenoxy) is 1. The van der Waals surface area contributed by atoms with Gasteiger partial charge in [0.2, 0.25) is 0 Å². The minimum absolute atomic E-state index is 0. The second-order valence-corrected chi connectivity index (χ2v) is 4.31. The minimum atomic E-state index is -4.64. The maximum absolute atomic E-state index is 10.3. The van der Waals surface area contributed by atoms with Crippen molar-refractivity contribution in [3.05, 3.63) is 6.61 Å². The molecule has 0 aromatic rings. The Balaban J connectivity index is 0.00000225. The van der Waals surface area contributed by atoms with Crippen molar-refractivity contribution in [1.82, 2.24) is 0 Å². The maximum atomic E-state index is 10.3. The van der Waals surface area contributed by atoms with Crippen LogP contribution in [0.4, 0.5) is 0 Å². The second-order valence-electron chi connectivity index (χ2n) is 3.07. The third kappa shape index (κ3) is 5.07. The number of hydrogen-bond donors (Lipinski definition) is 5. The Morgan fingerprint density at radius 1 is 1.25 bits per heavy atom. The van der Waals surface area contributed by atoms with Crippen molar-refractivity contribution in [2.75, 3.05) is 6.61 Å². The summed E-state index contributed by atoms with van der Waals surface area (Å²) in [6, 6.07) is 0. The molecule has 16 heavy (non-hydrogen) atoms. The summed E-state index contributed by atoms with van der Waals surface area (Å²) < 4.78 is 19.1. The monoisotopic (exact) mass is 266 g/mol. The summed E-state index contributed by atoms with van der Waals surface area (Å²) in [5.41, 5.74) is 0. The minimum Gasteiger partial charge on any atom is -0.544 e. The van der Waals surface area contributed by atoms with E-state index in [1.165, 1.54) is 0 Å². The van der Waals surface area contributed by atoms with Gasteiger partial charge in [0.05, 0.1) is 18.8 Å². The van der Waals surface area contributed by atoms with E-state index in [0.717, 1.165) is 6.61 Å². The van der Waals surface area contributed by atoms with Crippen LogP contribution < -0.4 is 29.6 Å². The third-order valence-corrected chi connectivity index (χ3v) is 2.37. The van der Waals surface area contributed by atoms with Gasteiger partial charge in [-0.3, -0.25) is 4.52 Å². The first-order chi connectivity index (χ1) is 6.81. The zero-order chi connectivity index (χ0) is 11.6. The summed E-state index contributed by atoms with van der Waals surface area (Å²) in [6.45, 7) is 0.275. The van der Waals surface area contributed by atoms with Crippen LogP contribution in [-0.2, 0) is 13.8 Å². The van der Waals surface area contributed by atoms with Crippen LogP contribution in [0.15, 0.2) is 0 Å². The van der Waals surface area contributed by atoms with Crippen LogP contribution in [-0.4, -0.2) is 56.1 Å². The fourth-order valence-corrected chi connectivity index (χ4v) is 1.41. The predicted octanol–water partition coefficient (Wildman–Crippen LogP) is -5.26. The maximum Gasteiger partial charge on any atom is 1.00 e. The molecule has 0 aromatic carbocycles. The molecule has 0 aliphatic carbocycles. The van der Waals surface area contributed by atoms with E-state index >= 15 is 0 Å². The molecule has 90 valence electrons. The van der Waals surface area contributed by atoms with Crippen molar-refractivity contribution in [2.45, 2.75) is 24.4 Å². The van der Waals surface area contributed by atoms with E-state index in [1.54, 1.807) is 0 Å². The molecule has 0 unspecified atom stereocenters. The quantitative estimate of drug-likeness (QED) is 0.194. The zero-order valence-electron chi connectivity index (χ0n) is 8.50. The van der Waals surface area contributed by atoms with Gasteiger partial charge >= 0.3 is 37.4 Å². The Labute approximate surface area is 114 Å². The van der Waals surface area contributed by atoms with Crippen LogP contribution in [0.3, 0.4) is 0 Å². The first-order valence-corrected chi connectivity index (χ1v) is 5.57. The first-order valence-electron chi connectivity index (χ1n) is 4.04. The Kier molecular flexibility index (Phi) is 7.17. The van der Waals surface area contributed by atoms with Gasteiger partial charge in [0.25, 0.3) is 0 Å². The molecular weight excluding hydrogens is 254 g/mol. The molecular formula is C6H12NaO8P. The predicted molar refractivity (Wildman–Crippen MR) is 45.2 cm³/mol. The molecule has 0 aromatic heterocycles. The number of rotatable bonds is 3. The fourth-order valence-electron chi connectivity index (χ4n) is 1.07. The van der Waals surface area contributed by atoms with Gasteiger partial charge in [-0.15, -0.1) is 0 Å². The molecule has 4 atom stereocenters. The van der Waals surface area contributed by atoms with Crippen molar-refractivity contribution >= 4 is 7.82 Å². The van der Waals surface area contributed by atoms with Crippen molar-refractivity contribution in [3.8, 4) is 0 Å². The van der Waals surface area contributed by atoms with Crippen LogP contribution in [0.5, 0.6) is 0 Å². The van der Waals surface area contributed by atoms with Gasteiger partial charge in [-0.25, -0.2) is 4.57 Å². The summed E-state index contributed by atoms with van der Waals surface area (Å²) in [7, 11) is -4.64. The van der Waals surface area contributed by atoms with Gasteiger partial charge in [-0.1, -0.05) is 0 Å². The van der Waals surface area contributed by atoms with Crippen molar-refractivity contribution in [2.24, 2.45) is 0 Å². The molecule has 0 bridgehead atoms. The normalized spacial score (nSPS) is 35.6. The molecule has 8 nitrogen and oxygen atoms in total. The summed E-state index contributed by atoms with van der Waals surface area (Å²) in [6.07, 6.45) is -5.41. The van der Waals surface area contributed by atoms with Crippen LogP contribution in [0.25, 0.3) is 0 Å². The van der Waals surface area contributed by atoms with Gasteiger partial charge in [0.1, 0.15) is 6.10 Å². The van der Waals surface area contributed by atoms with Gasteiger partial charge in [-0.05, 0) is 6.10 Å². The Bertz CT molecular complexity index is 257. The molecule has 1 rings (SSSR count). The van der Waals surface area contributed by atoms with Crippen LogP contribution in [0.2, 0.25) is 0 Å². The SMILES string of the molecule is O=P(O)(O)OC[C@H]1O[CH-][C@H](O)[C@@H](O)[C@H]1O.[Na+]. The molecule has 0 spiro atoms. The van der Waals surface area contributed by atoms with E-state index in [4.69, 9.17) is 19.6 Å². The molecule has 0 radical (unpaired) electrons. The number of aliphatic hydroxyl groups excluding tert-OH is 3. The van der Waals surface area contributed by atoms with Gasteiger partial charge in [0.15, 0.2) is 0 Å². The van der Waals surface area contributed by atoms with Crippen LogP contribution in [0.1, 0.15) is 0 Å². The molecule has 0 saturated carbocycles. The molecule has 1 saturated heterocycles. The van der Waals surface area contributed by atoms with E-state index in [1.807, 2.05) is 0 Å². The van der Waals surface area contributed by atoms with Crippen molar-refractivity contribution < 1.29 is 68.5 Å². The van der Waals surface area contributed by atoms with Crippen molar-refractivity contribution in [1.29, 1.82) is 0 Å². The summed E-state index contributed by atoms with van der Waals surface area (Å²) in [5, 5.41) is 27.5. The standard InChI is InChI=1S/C6H12O8P.Na/c7-3-1-13-4(6(9)5(3)8)2-14-15(10,11)12;/h1,3-9H,2H2,(H2,10,11,12);/q-1;+1/t3-,4+,5+,6-;/m0./s1. The smallest absolute Gasteiger partial charge is 0.544 e. The largest absolute Gasteiger partial charge is 1.00 e. The molecule has 1 fully saturated rings. The summed E-state index contributed by atoms with van der Waals surface area (Å²) in [4.78, 5) is 16.8. The van der Waals surface area contributed by atoms with Gasteiger partial charge < -0.3 is 29.8 Å². The summed E-state index contributed by atoms with van der Waals surface area (Å²) >= 11 is 0. The number of hydrogen-bond acceptors (Lipinski definition) is 6. The Morgan fingerprint density at radius 2 is 1.81 bits per heavy atom. The first kappa shape index (κ1) is 16.9. The molecule has 0 amide bonds. The fraction of sp³-hybridized carbons (Fsp3) is 0.833. The topological polar surface area (TPSA) is 137 Å². The average Bonchev–Trinajstić information content (AvgIpc) is 2.12. The van der Waals surface area contributed by atoms with E-state index < -0.39 is 38.8 Å². The summed E-state index contributed by atoms with van der Waals surface area (Å²) in [5.74, 6) is 0. The third-order valence-electron chi connectivity index (χ3n) is 1.88. The Morgan fingerprint density at radius 3 is 2.31 bits per heavy atom. The second kappa shape index (κ2) is 6.77. The number of phosphoric ester groups is 1. The molecule has 1 heterocycles. The van der Waals surface area contributed by atoms with Gasteiger partial charge in [-0.2, -0.15) is 6.61 Å². The van der Waals surface area contributed by atoms with E-state index in [-0.39, 0.29) is 29.6 Å². The van der Waals surface area contributed by atoms with E-state index in [9.17, 15) is 14.8 Å². The van der Waals surface area contributed by atoms with Crippen LogP contribution in [0, 0.1) is 6.61 Å². The molecule has 1 aliphatic heterocycles. The van der Waals surface area contributed by atoms with Gasteiger partial charge in [0, 0.05) is 0 Å². The van der Waals surface area contributed by atoms with E-state index in [2.05, 4.69) is 4.52 Å². The van der Waals surface area contributed by atoms with Crippen molar-refractivity contribution in [3.63, 3.8) is 0 Å². The molecule has 10 heteroatoms. The average molecular weight is 266 g/mol. The molecule has 1 aliphatic rings. The van der Waals surface area contributed by atoms with E-state index in [0.29, 0.717) is 0 Å². The number of aliphatic hydroxyl groups is 3. The zero-order valence-corrected chi connectivity index (χ0v) is 11.4. The number of phosphoric acid groups is 1.